The SMILES string of the molecule is Cc1cc(C(C)(C)C)ccc1N1c2cc3c(cc2B2c4ccc(N(c5ccc(C(C)(C)C)cc5)c5ccc(C(C)(C)C)cc5)cc4N(c4cc5c(cc4C)C(C)(C)CCC5(C)C)c4cc(N(c5ccc(C(C)(C)C)cc5)c5ccc(C(C)(C)C)cc5)cc1c42)C(C)(C)CCC3(C)C. The third kappa shape index (κ3) is 12.0. The first-order chi connectivity index (χ1) is 45.0. The van der Waals surface area contributed by atoms with Crippen LogP contribution in [0.5, 0.6) is 0 Å². The van der Waals surface area contributed by atoms with Gasteiger partial charge in [0.25, 0.3) is 6.71 Å². The van der Waals surface area contributed by atoms with E-state index in [0.29, 0.717) is 0 Å². The summed E-state index contributed by atoms with van der Waals surface area (Å²) in [5.74, 6) is 0. The van der Waals surface area contributed by atoms with E-state index >= 15 is 0 Å². The third-order valence-electron chi connectivity index (χ3n) is 23.2. The Labute approximate surface area is 586 Å². The van der Waals surface area contributed by atoms with Gasteiger partial charge in [-0.3, -0.25) is 0 Å². The molecule has 0 amide bonds. The second-order valence-corrected chi connectivity index (χ2v) is 37.5. The molecule has 0 aromatic heterocycles. The Balaban J connectivity index is 1.20. The highest BCUT2D eigenvalue weighted by atomic mass is 15.2. The Morgan fingerprint density at radius 2 is 0.577 bits per heavy atom. The Morgan fingerprint density at radius 1 is 0.278 bits per heavy atom. The van der Waals surface area contributed by atoms with Gasteiger partial charge in [-0.15, -0.1) is 0 Å². The fourth-order valence-electron chi connectivity index (χ4n) is 16.5. The molecule has 0 spiro atoms. The summed E-state index contributed by atoms with van der Waals surface area (Å²) in [5, 5.41) is 0. The first-order valence-electron chi connectivity index (χ1n) is 36.4. The minimum absolute atomic E-state index is 0.00234. The van der Waals surface area contributed by atoms with E-state index in [-0.39, 0.29) is 55.4 Å². The van der Waals surface area contributed by atoms with Gasteiger partial charge in [-0.25, -0.2) is 0 Å². The van der Waals surface area contributed by atoms with Gasteiger partial charge >= 0.3 is 0 Å². The number of hydrogen-bond acceptors (Lipinski definition) is 4. The first-order valence-corrected chi connectivity index (χ1v) is 36.4. The molecule has 9 aromatic carbocycles. The molecule has 2 aliphatic heterocycles. The van der Waals surface area contributed by atoms with Crippen LogP contribution in [0.4, 0.5) is 68.2 Å². The van der Waals surface area contributed by atoms with Crippen molar-refractivity contribution in [2.75, 3.05) is 19.6 Å². The van der Waals surface area contributed by atoms with Crippen molar-refractivity contribution in [2.24, 2.45) is 0 Å². The lowest BCUT2D eigenvalue weighted by molar-refractivity contribution is 0.332. The first kappa shape index (κ1) is 67.8. The Morgan fingerprint density at radius 3 is 0.959 bits per heavy atom. The van der Waals surface area contributed by atoms with Gasteiger partial charge in [0.15, 0.2) is 0 Å². The van der Waals surface area contributed by atoms with Crippen molar-refractivity contribution >= 4 is 91.3 Å². The fourth-order valence-corrected chi connectivity index (χ4v) is 16.5. The molecule has 0 saturated heterocycles. The number of anilines is 12. The van der Waals surface area contributed by atoms with Crippen molar-refractivity contribution in [1.29, 1.82) is 0 Å². The second kappa shape index (κ2) is 22.9. The maximum Gasteiger partial charge on any atom is 0.252 e. The molecule has 2 heterocycles. The van der Waals surface area contributed by atoms with E-state index < -0.39 is 0 Å². The maximum atomic E-state index is 2.75. The minimum atomic E-state index is -0.129. The highest BCUT2D eigenvalue weighted by molar-refractivity contribution is 7.00. The summed E-state index contributed by atoms with van der Waals surface area (Å²) in [5.41, 5.74) is 32.9. The summed E-state index contributed by atoms with van der Waals surface area (Å²) in [6, 6.07) is 68.5. The zero-order valence-electron chi connectivity index (χ0n) is 63.9. The molecule has 4 aliphatic rings. The molecule has 0 unspecified atom stereocenters. The molecule has 5 heteroatoms. The van der Waals surface area contributed by atoms with Gasteiger partial charge in [-0.2, -0.15) is 0 Å². The van der Waals surface area contributed by atoms with Crippen LogP contribution in [0.1, 0.15) is 246 Å². The standard InChI is InChI=1S/C92H111BN4/c1-58-50-64(88(15,16)17)34-45-77(58)96-80-57-74-72(90(20,21)47-49-92(74,24)25)55-76(80)93-75-44-43-69(94(65-35-26-60(27-36-65)84(3,4)5)66-37-28-61(29-38-66)85(6,7)8)52-79(75)97(78-56-73-71(51-59(78)2)89(18,19)46-48-91(73,22)23)82-54-70(53-81(96)83(82)93)95(67-39-30-62(31-40-67)86(9,10)11)68-41-32-63(33-42-68)87(12,13)14/h26-45,50-57H,46-49H2,1-25H3. The molecule has 502 valence electrons. The summed E-state index contributed by atoms with van der Waals surface area (Å²) in [6.45, 7) is 59.5. The Hall–Kier alpha value is -7.76. The molecule has 2 aliphatic carbocycles. The van der Waals surface area contributed by atoms with E-state index in [1.54, 1.807) is 0 Å². The van der Waals surface area contributed by atoms with Crippen LogP contribution in [0.2, 0.25) is 0 Å². The molecule has 0 atom stereocenters. The molecule has 0 N–H and O–H groups in total. The van der Waals surface area contributed by atoms with E-state index in [0.717, 1.165) is 59.8 Å². The normalized spacial score (nSPS) is 16.8. The lowest BCUT2D eigenvalue weighted by Crippen LogP contribution is -2.62. The predicted molar refractivity (Wildman–Crippen MR) is 423 cm³/mol. The zero-order valence-corrected chi connectivity index (χ0v) is 63.9. The molecular formula is C92H111BN4. The Bertz CT molecular complexity index is 4420. The monoisotopic (exact) mass is 1280 g/mol. The summed E-state index contributed by atoms with van der Waals surface area (Å²) in [7, 11) is 0. The van der Waals surface area contributed by atoms with Crippen LogP contribution in [0.15, 0.2) is 170 Å². The predicted octanol–water partition coefficient (Wildman–Crippen LogP) is 24.5. The van der Waals surface area contributed by atoms with Gasteiger partial charge in [-0.1, -0.05) is 238 Å². The quantitative estimate of drug-likeness (QED) is 0.141. The van der Waals surface area contributed by atoms with Gasteiger partial charge in [0.1, 0.15) is 0 Å². The van der Waals surface area contributed by atoms with Crippen LogP contribution in [-0.4, -0.2) is 6.71 Å². The summed E-state index contributed by atoms with van der Waals surface area (Å²) >= 11 is 0. The van der Waals surface area contributed by atoms with Crippen molar-refractivity contribution < 1.29 is 0 Å². The Kier molecular flexibility index (Phi) is 16.0. The van der Waals surface area contributed by atoms with Crippen LogP contribution >= 0.6 is 0 Å². The molecule has 0 radical (unpaired) electrons. The zero-order chi connectivity index (χ0) is 70.0. The summed E-state index contributed by atoms with van der Waals surface area (Å²) in [4.78, 5) is 10.6. The van der Waals surface area contributed by atoms with E-state index in [1.807, 2.05) is 0 Å². The third-order valence-corrected chi connectivity index (χ3v) is 23.2. The molecule has 9 aromatic rings. The number of fused-ring (bicyclic) bond motifs is 6. The van der Waals surface area contributed by atoms with Gasteiger partial charge in [-0.05, 0) is 257 Å². The van der Waals surface area contributed by atoms with Crippen molar-refractivity contribution in [3.8, 4) is 0 Å². The second-order valence-electron chi connectivity index (χ2n) is 37.5. The highest BCUT2D eigenvalue weighted by Crippen LogP contribution is 2.56. The van der Waals surface area contributed by atoms with Crippen molar-refractivity contribution in [3.05, 3.63) is 231 Å². The van der Waals surface area contributed by atoms with Crippen molar-refractivity contribution in [1.82, 2.24) is 0 Å². The largest absolute Gasteiger partial charge is 0.311 e. The number of nitrogens with zero attached hydrogens (tertiary/aromatic N) is 4. The molecule has 0 saturated carbocycles. The lowest BCUT2D eigenvalue weighted by atomic mass is 9.33. The van der Waals surface area contributed by atoms with Gasteiger partial charge in [0.2, 0.25) is 0 Å². The molecule has 0 bridgehead atoms. The van der Waals surface area contributed by atoms with Crippen LogP contribution in [0.3, 0.4) is 0 Å². The van der Waals surface area contributed by atoms with Gasteiger partial charge in [0, 0.05) is 62.6 Å². The average molecular weight is 1280 g/mol. The average Bonchev–Trinajstić information content (AvgIpc) is 0.685. The summed E-state index contributed by atoms with van der Waals surface area (Å²) in [6.07, 6.45) is 4.52. The number of benzene rings is 9. The van der Waals surface area contributed by atoms with Crippen LogP contribution < -0.4 is 36.0 Å². The molecule has 4 nitrogen and oxygen atoms in total. The number of rotatable bonds is 8. The van der Waals surface area contributed by atoms with Crippen molar-refractivity contribution in [3.63, 3.8) is 0 Å². The van der Waals surface area contributed by atoms with Crippen LogP contribution in [-0.2, 0) is 48.7 Å². The van der Waals surface area contributed by atoms with Crippen molar-refractivity contribution in [2.45, 2.75) is 248 Å². The van der Waals surface area contributed by atoms with Gasteiger partial charge in [0.05, 0.1) is 5.69 Å². The highest BCUT2D eigenvalue weighted by Gasteiger charge is 2.49. The molecular weight excluding hydrogens is 1170 g/mol. The topological polar surface area (TPSA) is 13.0 Å². The van der Waals surface area contributed by atoms with Gasteiger partial charge < -0.3 is 19.6 Å². The summed E-state index contributed by atoms with van der Waals surface area (Å²) < 4.78 is 0. The fraction of sp³-hybridized carbons (Fsp3) is 0.413. The van der Waals surface area contributed by atoms with E-state index in [4.69, 9.17) is 0 Å². The van der Waals surface area contributed by atoms with E-state index in [9.17, 15) is 0 Å². The van der Waals surface area contributed by atoms with Crippen LogP contribution in [0.25, 0.3) is 0 Å². The minimum Gasteiger partial charge on any atom is -0.311 e. The van der Waals surface area contributed by atoms with E-state index in [2.05, 4.69) is 363 Å². The van der Waals surface area contributed by atoms with E-state index in [1.165, 1.54) is 112 Å². The number of hydrogen-bond donors (Lipinski definition) is 0. The molecule has 13 rings (SSSR count). The number of aryl methyl sites for hydroxylation is 2. The smallest absolute Gasteiger partial charge is 0.252 e. The maximum absolute atomic E-state index is 2.75. The van der Waals surface area contributed by atoms with Crippen LogP contribution in [0, 0.1) is 13.8 Å². The lowest BCUT2D eigenvalue weighted by Gasteiger charge is -2.48. The molecule has 0 fully saturated rings. The molecule has 97 heavy (non-hydrogen) atoms.